The molecular formula is C17H20N2. The summed E-state index contributed by atoms with van der Waals surface area (Å²) in [4.78, 5) is 4.53. The number of hydrogen-bond acceptors (Lipinski definition) is 2. The fraction of sp³-hybridized carbons (Fsp3) is 0.471. The third-order valence-electron chi connectivity index (χ3n) is 5.01. The SMILES string of the molecule is c1cnc2c(CNC3CC4CCC3C4)cccc2c1. The molecule has 0 radical (unpaired) electrons. The lowest BCUT2D eigenvalue weighted by atomic mass is 9.95. The minimum absolute atomic E-state index is 0.748. The van der Waals surface area contributed by atoms with Crippen LogP contribution < -0.4 is 5.32 Å². The van der Waals surface area contributed by atoms with Gasteiger partial charge in [0.1, 0.15) is 0 Å². The van der Waals surface area contributed by atoms with Crippen molar-refractivity contribution in [2.24, 2.45) is 11.8 Å². The lowest BCUT2D eigenvalue weighted by Crippen LogP contribution is -2.33. The van der Waals surface area contributed by atoms with Crippen molar-refractivity contribution < 1.29 is 0 Å². The molecule has 1 aromatic heterocycles. The molecule has 0 saturated heterocycles. The van der Waals surface area contributed by atoms with Gasteiger partial charge in [0.25, 0.3) is 0 Å². The summed E-state index contributed by atoms with van der Waals surface area (Å²) >= 11 is 0. The Hall–Kier alpha value is -1.41. The van der Waals surface area contributed by atoms with E-state index in [-0.39, 0.29) is 0 Å². The molecule has 1 aromatic carbocycles. The number of fused-ring (bicyclic) bond motifs is 3. The first kappa shape index (κ1) is 11.4. The molecule has 2 fully saturated rings. The van der Waals surface area contributed by atoms with Crippen molar-refractivity contribution in [3.63, 3.8) is 0 Å². The summed E-state index contributed by atoms with van der Waals surface area (Å²) in [6.07, 6.45) is 7.66. The van der Waals surface area contributed by atoms with Crippen molar-refractivity contribution in [3.8, 4) is 0 Å². The van der Waals surface area contributed by atoms with E-state index in [1.807, 2.05) is 12.3 Å². The molecule has 4 rings (SSSR count). The van der Waals surface area contributed by atoms with E-state index < -0.39 is 0 Å². The van der Waals surface area contributed by atoms with E-state index in [0.717, 1.165) is 29.9 Å². The van der Waals surface area contributed by atoms with Gasteiger partial charge in [-0.2, -0.15) is 0 Å². The van der Waals surface area contributed by atoms with E-state index in [4.69, 9.17) is 0 Å². The van der Waals surface area contributed by atoms with Gasteiger partial charge in [0.15, 0.2) is 0 Å². The summed E-state index contributed by atoms with van der Waals surface area (Å²) in [5, 5.41) is 5.03. The first-order chi connectivity index (χ1) is 9.40. The molecule has 0 amide bonds. The van der Waals surface area contributed by atoms with Crippen molar-refractivity contribution >= 4 is 10.9 Å². The highest BCUT2D eigenvalue weighted by Crippen LogP contribution is 2.44. The minimum atomic E-state index is 0.748. The molecule has 2 nitrogen and oxygen atoms in total. The topological polar surface area (TPSA) is 24.9 Å². The fourth-order valence-corrected chi connectivity index (χ4v) is 4.05. The van der Waals surface area contributed by atoms with Crippen molar-refractivity contribution in [1.29, 1.82) is 0 Å². The van der Waals surface area contributed by atoms with Crippen molar-refractivity contribution in [2.45, 2.75) is 38.3 Å². The quantitative estimate of drug-likeness (QED) is 0.904. The van der Waals surface area contributed by atoms with E-state index >= 15 is 0 Å². The van der Waals surface area contributed by atoms with Gasteiger partial charge in [0.05, 0.1) is 5.52 Å². The maximum Gasteiger partial charge on any atom is 0.0746 e. The molecular weight excluding hydrogens is 232 g/mol. The smallest absolute Gasteiger partial charge is 0.0746 e. The second-order valence-electron chi connectivity index (χ2n) is 6.15. The largest absolute Gasteiger partial charge is 0.310 e. The number of nitrogens with one attached hydrogen (secondary N) is 1. The number of pyridine rings is 1. The fourth-order valence-electron chi connectivity index (χ4n) is 4.05. The lowest BCUT2D eigenvalue weighted by molar-refractivity contribution is 0.351. The van der Waals surface area contributed by atoms with Crippen molar-refractivity contribution in [1.82, 2.24) is 10.3 Å². The van der Waals surface area contributed by atoms with Gasteiger partial charge in [-0.3, -0.25) is 4.98 Å². The van der Waals surface area contributed by atoms with E-state index in [0.29, 0.717) is 0 Å². The van der Waals surface area contributed by atoms with Gasteiger partial charge in [-0.15, -0.1) is 0 Å². The van der Waals surface area contributed by atoms with Crippen LogP contribution in [0.15, 0.2) is 36.5 Å². The van der Waals surface area contributed by atoms with Crippen molar-refractivity contribution in [3.05, 3.63) is 42.1 Å². The first-order valence-corrected chi connectivity index (χ1v) is 7.46. The van der Waals surface area contributed by atoms with Crippen LogP contribution in [0.3, 0.4) is 0 Å². The van der Waals surface area contributed by atoms with Gasteiger partial charge in [-0.05, 0) is 42.7 Å². The van der Waals surface area contributed by atoms with E-state index in [2.05, 4.69) is 34.6 Å². The van der Waals surface area contributed by atoms with Crippen molar-refractivity contribution in [2.75, 3.05) is 0 Å². The Balaban J connectivity index is 1.52. The molecule has 0 aliphatic heterocycles. The normalized spacial score (nSPS) is 29.2. The molecule has 0 spiro atoms. The Morgan fingerprint density at radius 1 is 1.11 bits per heavy atom. The molecule has 2 heteroatoms. The van der Waals surface area contributed by atoms with Crippen LogP contribution in [0.5, 0.6) is 0 Å². The second-order valence-corrected chi connectivity index (χ2v) is 6.15. The van der Waals surface area contributed by atoms with Crippen LogP contribution in [0, 0.1) is 11.8 Å². The summed E-state index contributed by atoms with van der Waals surface area (Å²) in [5.41, 5.74) is 2.49. The average Bonchev–Trinajstić information content (AvgIpc) is 3.07. The van der Waals surface area contributed by atoms with Crippen LogP contribution in [-0.2, 0) is 6.54 Å². The Labute approximate surface area is 114 Å². The number of para-hydroxylation sites is 1. The molecule has 2 aromatic rings. The molecule has 2 aliphatic carbocycles. The summed E-state index contributed by atoms with van der Waals surface area (Å²) in [5.74, 6) is 1.95. The average molecular weight is 252 g/mol. The molecule has 3 atom stereocenters. The third kappa shape index (κ3) is 2.04. The Kier molecular flexibility index (Phi) is 2.77. The zero-order valence-electron chi connectivity index (χ0n) is 11.2. The van der Waals surface area contributed by atoms with E-state index in [9.17, 15) is 0 Å². The van der Waals surface area contributed by atoms with Gasteiger partial charge < -0.3 is 5.32 Å². The summed E-state index contributed by atoms with van der Waals surface area (Å²) in [7, 11) is 0. The van der Waals surface area contributed by atoms with Crippen LogP contribution in [0.4, 0.5) is 0 Å². The Bertz CT molecular complexity index is 587. The number of nitrogens with zero attached hydrogens (tertiary/aromatic N) is 1. The monoisotopic (exact) mass is 252 g/mol. The second kappa shape index (κ2) is 4.61. The van der Waals surface area contributed by atoms with E-state index in [1.54, 1.807) is 0 Å². The Morgan fingerprint density at radius 2 is 2.05 bits per heavy atom. The standard InChI is InChI=1S/C17H20N2/c1-3-13-5-2-8-18-17(13)15(4-1)11-19-16-10-12-6-7-14(16)9-12/h1-5,8,12,14,16,19H,6-7,9-11H2. The molecule has 98 valence electrons. The summed E-state index contributed by atoms with van der Waals surface area (Å²) < 4.78 is 0. The predicted molar refractivity (Wildman–Crippen MR) is 77.8 cm³/mol. The summed E-state index contributed by atoms with van der Waals surface area (Å²) in [6.45, 7) is 0.961. The number of benzene rings is 1. The highest BCUT2D eigenvalue weighted by atomic mass is 14.9. The first-order valence-electron chi connectivity index (χ1n) is 7.46. The predicted octanol–water partition coefficient (Wildman–Crippen LogP) is 3.51. The van der Waals surface area contributed by atoms with Crippen LogP contribution in [-0.4, -0.2) is 11.0 Å². The minimum Gasteiger partial charge on any atom is -0.310 e. The van der Waals surface area contributed by atoms with Crippen LogP contribution in [0.25, 0.3) is 10.9 Å². The maximum absolute atomic E-state index is 4.53. The summed E-state index contributed by atoms with van der Waals surface area (Å²) in [6, 6.07) is 11.4. The molecule has 2 bridgehead atoms. The molecule has 19 heavy (non-hydrogen) atoms. The molecule has 3 unspecified atom stereocenters. The maximum atomic E-state index is 4.53. The zero-order chi connectivity index (χ0) is 12.7. The van der Waals surface area contributed by atoms with Gasteiger partial charge in [-0.25, -0.2) is 0 Å². The number of hydrogen-bond donors (Lipinski definition) is 1. The van der Waals surface area contributed by atoms with Gasteiger partial charge >= 0.3 is 0 Å². The van der Waals surface area contributed by atoms with Gasteiger partial charge in [0, 0.05) is 24.2 Å². The number of aromatic nitrogens is 1. The highest BCUT2D eigenvalue weighted by Gasteiger charge is 2.38. The van der Waals surface area contributed by atoms with Crippen LogP contribution in [0.2, 0.25) is 0 Å². The van der Waals surface area contributed by atoms with E-state index in [1.165, 1.54) is 36.6 Å². The lowest BCUT2D eigenvalue weighted by Gasteiger charge is -2.23. The molecule has 1 N–H and O–H groups in total. The molecule has 2 aliphatic rings. The molecule has 2 saturated carbocycles. The van der Waals surface area contributed by atoms with Crippen LogP contribution in [0.1, 0.15) is 31.2 Å². The van der Waals surface area contributed by atoms with Gasteiger partial charge in [-0.1, -0.05) is 30.7 Å². The van der Waals surface area contributed by atoms with Crippen LogP contribution >= 0.6 is 0 Å². The number of rotatable bonds is 3. The van der Waals surface area contributed by atoms with Gasteiger partial charge in [0.2, 0.25) is 0 Å². The third-order valence-corrected chi connectivity index (χ3v) is 5.01. The molecule has 1 heterocycles. The zero-order valence-corrected chi connectivity index (χ0v) is 11.2. The Morgan fingerprint density at radius 3 is 2.89 bits per heavy atom. The highest BCUT2D eigenvalue weighted by molar-refractivity contribution is 5.81.